The maximum atomic E-state index is 6.45. The summed E-state index contributed by atoms with van der Waals surface area (Å²) in [5.41, 5.74) is 6.47. The first-order chi connectivity index (χ1) is 7.70. The molecular weight excluding hydrogens is 200 g/mol. The average molecular weight is 226 g/mol. The zero-order valence-electron chi connectivity index (χ0n) is 10.6. The van der Waals surface area contributed by atoms with Crippen molar-refractivity contribution in [3.63, 3.8) is 0 Å². The van der Waals surface area contributed by atoms with Gasteiger partial charge in [-0.3, -0.25) is 4.90 Å². The third-order valence-electron chi connectivity index (χ3n) is 3.39. The largest absolute Gasteiger partial charge is 0.383 e. The lowest BCUT2D eigenvalue weighted by Gasteiger charge is -2.37. The highest BCUT2D eigenvalue weighted by atomic mass is 16.5. The molecule has 0 heterocycles. The maximum absolute atomic E-state index is 6.45. The summed E-state index contributed by atoms with van der Waals surface area (Å²) in [5, 5.41) is 0. The summed E-state index contributed by atoms with van der Waals surface area (Å²) < 4.78 is 5.12. The van der Waals surface area contributed by atoms with Gasteiger partial charge in [-0.2, -0.15) is 0 Å². The van der Waals surface area contributed by atoms with Crippen LogP contribution in [0, 0.1) is 0 Å². The first kappa shape index (κ1) is 13.7. The van der Waals surface area contributed by atoms with E-state index in [4.69, 9.17) is 10.5 Å². The molecule has 0 atom stereocenters. The summed E-state index contributed by atoms with van der Waals surface area (Å²) in [5.74, 6) is 0. The van der Waals surface area contributed by atoms with Gasteiger partial charge in [0, 0.05) is 32.3 Å². The molecule has 0 aliphatic heterocycles. The van der Waals surface area contributed by atoms with Gasteiger partial charge in [0.1, 0.15) is 0 Å². The number of nitrogens with two attached hydrogens (primary N) is 1. The molecule has 3 heteroatoms. The van der Waals surface area contributed by atoms with Gasteiger partial charge in [0.2, 0.25) is 0 Å². The second kappa shape index (κ2) is 7.05. The number of methoxy groups -OCH3 is 1. The van der Waals surface area contributed by atoms with Crippen LogP contribution >= 0.6 is 0 Å². The SMILES string of the molecule is C=CCN(CCOC)CC1(N)CCCCC1. The van der Waals surface area contributed by atoms with Gasteiger partial charge in [-0.15, -0.1) is 6.58 Å². The van der Waals surface area contributed by atoms with Gasteiger partial charge in [-0.25, -0.2) is 0 Å². The van der Waals surface area contributed by atoms with Gasteiger partial charge < -0.3 is 10.5 Å². The first-order valence-electron chi connectivity index (χ1n) is 6.31. The van der Waals surface area contributed by atoms with E-state index in [-0.39, 0.29) is 5.54 Å². The zero-order chi connectivity index (χ0) is 11.9. The molecule has 0 radical (unpaired) electrons. The van der Waals surface area contributed by atoms with E-state index < -0.39 is 0 Å². The van der Waals surface area contributed by atoms with Crippen LogP contribution in [0.4, 0.5) is 0 Å². The average Bonchev–Trinajstić information content (AvgIpc) is 2.27. The second-order valence-electron chi connectivity index (χ2n) is 4.94. The van der Waals surface area contributed by atoms with Crippen LogP contribution in [-0.2, 0) is 4.74 Å². The normalized spacial score (nSPS) is 19.9. The van der Waals surface area contributed by atoms with Crippen LogP contribution < -0.4 is 5.73 Å². The van der Waals surface area contributed by atoms with Crippen molar-refractivity contribution >= 4 is 0 Å². The van der Waals surface area contributed by atoms with Gasteiger partial charge in [-0.05, 0) is 12.8 Å². The Morgan fingerprint density at radius 3 is 2.62 bits per heavy atom. The van der Waals surface area contributed by atoms with Crippen molar-refractivity contribution in [3.8, 4) is 0 Å². The van der Waals surface area contributed by atoms with Crippen molar-refractivity contribution < 1.29 is 4.74 Å². The summed E-state index contributed by atoms with van der Waals surface area (Å²) in [4.78, 5) is 2.35. The predicted molar refractivity (Wildman–Crippen MR) is 68.5 cm³/mol. The first-order valence-corrected chi connectivity index (χ1v) is 6.31. The number of nitrogens with zero attached hydrogens (tertiary/aromatic N) is 1. The van der Waals surface area contributed by atoms with Crippen LogP contribution in [0.1, 0.15) is 32.1 Å². The van der Waals surface area contributed by atoms with E-state index in [0.717, 1.165) is 39.1 Å². The predicted octanol–water partition coefficient (Wildman–Crippen LogP) is 1.78. The highest BCUT2D eigenvalue weighted by Gasteiger charge is 2.29. The minimum Gasteiger partial charge on any atom is -0.383 e. The molecule has 0 saturated heterocycles. The molecule has 0 unspecified atom stereocenters. The molecule has 2 N–H and O–H groups in total. The summed E-state index contributed by atoms with van der Waals surface area (Å²) in [6, 6.07) is 0. The molecule has 0 amide bonds. The molecule has 94 valence electrons. The van der Waals surface area contributed by atoms with Crippen LogP contribution in [0.5, 0.6) is 0 Å². The van der Waals surface area contributed by atoms with E-state index in [0.29, 0.717) is 0 Å². The Hall–Kier alpha value is -0.380. The molecule has 0 bridgehead atoms. The third-order valence-corrected chi connectivity index (χ3v) is 3.39. The number of hydrogen-bond acceptors (Lipinski definition) is 3. The van der Waals surface area contributed by atoms with E-state index in [9.17, 15) is 0 Å². The highest BCUT2D eigenvalue weighted by molar-refractivity contribution is 4.91. The number of rotatable bonds is 7. The molecule has 0 aromatic rings. The van der Waals surface area contributed by atoms with Gasteiger partial charge in [0.15, 0.2) is 0 Å². The van der Waals surface area contributed by atoms with Crippen LogP contribution in [0.3, 0.4) is 0 Å². The molecule has 1 rings (SSSR count). The van der Waals surface area contributed by atoms with E-state index in [1.165, 1.54) is 19.3 Å². The summed E-state index contributed by atoms with van der Waals surface area (Å²) in [7, 11) is 1.74. The Kier molecular flexibility index (Phi) is 6.03. The van der Waals surface area contributed by atoms with E-state index in [1.54, 1.807) is 7.11 Å². The summed E-state index contributed by atoms with van der Waals surface area (Å²) in [6.07, 6.45) is 8.17. The van der Waals surface area contributed by atoms with Crippen molar-refractivity contribution in [2.24, 2.45) is 5.73 Å². The minimum atomic E-state index is 0.0228. The fourth-order valence-electron chi connectivity index (χ4n) is 2.50. The Morgan fingerprint density at radius 2 is 2.06 bits per heavy atom. The van der Waals surface area contributed by atoms with Crippen LogP contribution in [0.25, 0.3) is 0 Å². The Bertz CT molecular complexity index is 200. The van der Waals surface area contributed by atoms with E-state index in [2.05, 4.69) is 11.5 Å². The standard InChI is InChI=1S/C13H26N2O/c1-3-9-15(10-11-16-2)12-13(14)7-5-4-6-8-13/h3H,1,4-12,14H2,2H3. The number of hydrogen-bond donors (Lipinski definition) is 1. The van der Waals surface area contributed by atoms with Gasteiger partial charge in [-0.1, -0.05) is 25.3 Å². The lowest BCUT2D eigenvalue weighted by Crippen LogP contribution is -2.52. The maximum Gasteiger partial charge on any atom is 0.0589 e. The van der Waals surface area contributed by atoms with Crippen molar-refractivity contribution in [2.75, 3.05) is 33.4 Å². The minimum absolute atomic E-state index is 0.0228. The quantitative estimate of drug-likeness (QED) is 0.673. The molecule has 0 aromatic heterocycles. The molecule has 1 saturated carbocycles. The second-order valence-corrected chi connectivity index (χ2v) is 4.94. The Balaban J connectivity index is 2.41. The molecular formula is C13H26N2O. The number of ether oxygens (including phenoxy) is 1. The molecule has 0 spiro atoms. The van der Waals surface area contributed by atoms with E-state index in [1.807, 2.05) is 6.08 Å². The van der Waals surface area contributed by atoms with Crippen molar-refractivity contribution in [1.29, 1.82) is 0 Å². The molecule has 3 nitrogen and oxygen atoms in total. The van der Waals surface area contributed by atoms with Crippen LogP contribution in [0.2, 0.25) is 0 Å². The van der Waals surface area contributed by atoms with Crippen molar-refractivity contribution in [2.45, 2.75) is 37.6 Å². The zero-order valence-corrected chi connectivity index (χ0v) is 10.6. The fourth-order valence-corrected chi connectivity index (χ4v) is 2.50. The topological polar surface area (TPSA) is 38.5 Å². The third kappa shape index (κ3) is 4.64. The van der Waals surface area contributed by atoms with Gasteiger partial charge in [0.25, 0.3) is 0 Å². The van der Waals surface area contributed by atoms with Crippen molar-refractivity contribution in [3.05, 3.63) is 12.7 Å². The lowest BCUT2D eigenvalue weighted by molar-refractivity contribution is 0.127. The van der Waals surface area contributed by atoms with Crippen molar-refractivity contribution in [1.82, 2.24) is 4.90 Å². The molecule has 0 aromatic carbocycles. The molecule has 16 heavy (non-hydrogen) atoms. The summed E-state index contributed by atoms with van der Waals surface area (Å²) in [6.45, 7) is 7.39. The smallest absolute Gasteiger partial charge is 0.0589 e. The highest BCUT2D eigenvalue weighted by Crippen LogP contribution is 2.26. The van der Waals surface area contributed by atoms with Crippen LogP contribution in [0.15, 0.2) is 12.7 Å². The Morgan fingerprint density at radius 1 is 1.38 bits per heavy atom. The van der Waals surface area contributed by atoms with Crippen LogP contribution in [-0.4, -0.2) is 43.8 Å². The monoisotopic (exact) mass is 226 g/mol. The Labute approximate surface area is 99.6 Å². The molecule has 1 fully saturated rings. The lowest BCUT2D eigenvalue weighted by atomic mass is 9.82. The molecule has 1 aliphatic rings. The van der Waals surface area contributed by atoms with E-state index >= 15 is 0 Å². The van der Waals surface area contributed by atoms with Gasteiger partial charge in [0.05, 0.1) is 6.61 Å². The fraction of sp³-hybridized carbons (Fsp3) is 0.846. The van der Waals surface area contributed by atoms with Gasteiger partial charge >= 0.3 is 0 Å². The molecule has 1 aliphatic carbocycles. The summed E-state index contributed by atoms with van der Waals surface area (Å²) >= 11 is 0.